The average Bonchev–Trinajstić information content (AvgIpc) is 2.40. The van der Waals surface area contributed by atoms with Crippen LogP contribution in [0.25, 0.3) is 0 Å². The number of nitriles is 1. The SMILES string of the molecule is CCCC(Oc1ccc(C#N)cc1OCC)C(=O)O. The second kappa shape index (κ2) is 7.27. The number of carboxylic acid groups (broad SMARTS) is 1. The van der Waals surface area contributed by atoms with E-state index >= 15 is 0 Å². The maximum atomic E-state index is 11.1. The van der Waals surface area contributed by atoms with Crippen LogP contribution in [0.4, 0.5) is 0 Å². The average molecular weight is 263 g/mol. The number of ether oxygens (including phenoxy) is 2. The van der Waals surface area contributed by atoms with Crippen LogP contribution in [0.5, 0.6) is 11.5 Å². The Bertz CT molecular complexity index is 479. The summed E-state index contributed by atoms with van der Waals surface area (Å²) in [6.07, 6.45) is 0.218. The Morgan fingerprint density at radius 2 is 2.16 bits per heavy atom. The highest BCUT2D eigenvalue weighted by atomic mass is 16.5. The molecule has 19 heavy (non-hydrogen) atoms. The number of carboxylic acids is 1. The van der Waals surface area contributed by atoms with Crippen LogP contribution in [0.1, 0.15) is 32.3 Å². The molecule has 0 spiro atoms. The van der Waals surface area contributed by atoms with E-state index < -0.39 is 12.1 Å². The van der Waals surface area contributed by atoms with Gasteiger partial charge in [0.05, 0.1) is 18.2 Å². The van der Waals surface area contributed by atoms with E-state index in [9.17, 15) is 4.79 Å². The van der Waals surface area contributed by atoms with Gasteiger partial charge < -0.3 is 14.6 Å². The van der Waals surface area contributed by atoms with Crippen molar-refractivity contribution in [3.8, 4) is 17.6 Å². The summed E-state index contributed by atoms with van der Waals surface area (Å²) in [5.41, 5.74) is 0.443. The molecular formula is C14H17NO4. The highest BCUT2D eigenvalue weighted by molar-refractivity contribution is 5.72. The van der Waals surface area contributed by atoms with Crippen molar-refractivity contribution in [3.05, 3.63) is 23.8 Å². The smallest absolute Gasteiger partial charge is 0.344 e. The molecule has 1 N–H and O–H groups in total. The molecule has 0 aliphatic heterocycles. The van der Waals surface area contributed by atoms with Gasteiger partial charge in [0.2, 0.25) is 0 Å². The van der Waals surface area contributed by atoms with E-state index in [1.165, 1.54) is 0 Å². The van der Waals surface area contributed by atoms with Crippen LogP contribution in [0.3, 0.4) is 0 Å². The summed E-state index contributed by atoms with van der Waals surface area (Å²) >= 11 is 0. The van der Waals surface area contributed by atoms with E-state index in [0.717, 1.165) is 0 Å². The first-order valence-electron chi connectivity index (χ1n) is 6.18. The zero-order valence-corrected chi connectivity index (χ0v) is 11.0. The number of hydrogen-bond donors (Lipinski definition) is 1. The molecule has 0 fully saturated rings. The molecule has 1 aromatic carbocycles. The van der Waals surface area contributed by atoms with Crippen molar-refractivity contribution in [2.24, 2.45) is 0 Å². The first-order chi connectivity index (χ1) is 9.12. The van der Waals surface area contributed by atoms with Gasteiger partial charge in [-0.25, -0.2) is 4.79 Å². The molecule has 1 rings (SSSR count). The van der Waals surface area contributed by atoms with Crippen molar-refractivity contribution >= 4 is 5.97 Å². The normalized spacial score (nSPS) is 11.4. The highest BCUT2D eigenvalue weighted by Gasteiger charge is 2.20. The first-order valence-corrected chi connectivity index (χ1v) is 6.18. The quantitative estimate of drug-likeness (QED) is 0.817. The number of nitrogens with zero attached hydrogens (tertiary/aromatic N) is 1. The van der Waals surface area contributed by atoms with Crippen LogP contribution in [0.15, 0.2) is 18.2 Å². The van der Waals surface area contributed by atoms with Gasteiger partial charge in [-0.05, 0) is 25.5 Å². The number of aliphatic carboxylic acids is 1. The molecule has 0 aromatic heterocycles. The lowest BCUT2D eigenvalue weighted by Gasteiger charge is -2.17. The molecule has 5 nitrogen and oxygen atoms in total. The van der Waals surface area contributed by atoms with E-state index in [2.05, 4.69) is 0 Å². The molecule has 0 heterocycles. The lowest BCUT2D eigenvalue weighted by molar-refractivity contribution is -0.145. The predicted octanol–water partition coefficient (Wildman–Crippen LogP) is 2.59. The van der Waals surface area contributed by atoms with E-state index in [-0.39, 0.29) is 0 Å². The molecule has 0 amide bonds. The Labute approximate surface area is 112 Å². The van der Waals surface area contributed by atoms with Crippen molar-refractivity contribution in [2.45, 2.75) is 32.8 Å². The lowest BCUT2D eigenvalue weighted by Crippen LogP contribution is -2.26. The minimum absolute atomic E-state index is 0.349. The lowest BCUT2D eigenvalue weighted by atomic mass is 10.2. The van der Waals surface area contributed by atoms with Gasteiger partial charge in [-0.15, -0.1) is 0 Å². The fourth-order valence-electron chi connectivity index (χ4n) is 1.59. The van der Waals surface area contributed by atoms with Gasteiger partial charge >= 0.3 is 5.97 Å². The fourth-order valence-corrected chi connectivity index (χ4v) is 1.59. The number of hydrogen-bond acceptors (Lipinski definition) is 4. The number of carbonyl (C=O) groups is 1. The van der Waals surface area contributed by atoms with Gasteiger partial charge in [0.1, 0.15) is 0 Å². The zero-order chi connectivity index (χ0) is 14.3. The van der Waals surface area contributed by atoms with Crippen molar-refractivity contribution < 1.29 is 19.4 Å². The van der Waals surface area contributed by atoms with Gasteiger partial charge in [-0.3, -0.25) is 0 Å². The van der Waals surface area contributed by atoms with Crippen LogP contribution < -0.4 is 9.47 Å². The van der Waals surface area contributed by atoms with Crippen LogP contribution in [0, 0.1) is 11.3 Å². The van der Waals surface area contributed by atoms with Crippen molar-refractivity contribution in [3.63, 3.8) is 0 Å². The molecular weight excluding hydrogens is 246 g/mol. The Morgan fingerprint density at radius 3 is 2.68 bits per heavy atom. The molecule has 1 atom stereocenters. The molecule has 0 bridgehead atoms. The molecule has 0 aliphatic carbocycles. The molecule has 1 unspecified atom stereocenters. The summed E-state index contributed by atoms with van der Waals surface area (Å²) in [4.78, 5) is 11.1. The summed E-state index contributed by atoms with van der Waals surface area (Å²) in [6.45, 7) is 4.11. The molecule has 0 saturated heterocycles. The van der Waals surface area contributed by atoms with Gasteiger partial charge in [0.25, 0.3) is 0 Å². The van der Waals surface area contributed by atoms with Gasteiger partial charge in [-0.2, -0.15) is 5.26 Å². The minimum atomic E-state index is -1.01. The number of benzene rings is 1. The second-order valence-electron chi connectivity index (χ2n) is 3.94. The third-order valence-electron chi connectivity index (χ3n) is 2.47. The number of rotatable bonds is 7. The second-order valence-corrected chi connectivity index (χ2v) is 3.94. The highest BCUT2D eigenvalue weighted by Crippen LogP contribution is 2.29. The minimum Gasteiger partial charge on any atom is -0.490 e. The van der Waals surface area contributed by atoms with Crippen LogP contribution in [-0.4, -0.2) is 23.8 Å². The van der Waals surface area contributed by atoms with Gasteiger partial charge in [-0.1, -0.05) is 13.3 Å². The summed E-state index contributed by atoms with van der Waals surface area (Å²) in [6, 6.07) is 6.68. The predicted molar refractivity (Wildman–Crippen MR) is 69.3 cm³/mol. The monoisotopic (exact) mass is 263 g/mol. The van der Waals surface area contributed by atoms with Crippen LogP contribution in [0.2, 0.25) is 0 Å². The molecule has 5 heteroatoms. The van der Waals surface area contributed by atoms with Gasteiger partial charge in [0, 0.05) is 6.07 Å². The zero-order valence-electron chi connectivity index (χ0n) is 11.0. The summed E-state index contributed by atoms with van der Waals surface area (Å²) in [7, 11) is 0. The first kappa shape index (κ1) is 14.8. The Morgan fingerprint density at radius 1 is 1.42 bits per heavy atom. The Hall–Kier alpha value is -2.22. The molecule has 0 aliphatic rings. The summed E-state index contributed by atoms with van der Waals surface area (Å²) < 4.78 is 10.8. The fraction of sp³-hybridized carbons (Fsp3) is 0.429. The van der Waals surface area contributed by atoms with Crippen LogP contribution in [-0.2, 0) is 4.79 Å². The standard InChI is InChI=1S/C14H17NO4/c1-3-5-12(14(16)17)19-11-7-6-10(9-15)8-13(11)18-4-2/h6-8,12H,3-5H2,1-2H3,(H,16,17). The molecule has 0 radical (unpaired) electrons. The molecule has 1 aromatic rings. The third-order valence-corrected chi connectivity index (χ3v) is 2.47. The Balaban J connectivity index is 2.98. The van der Waals surface area contributed by atoms with E-state index in [4.69, 9.17) is 19.8 Å². The van der Waals surface area contributed by atoms with Crippen molar-refractivity contribution in [1.82, 2.24) is 0 Å². The Kier molecular flexibility index (Phi) is 5.68. The summed E-state index contributed by atoms with van der Waals surface area (Å²) in [5.74, 6) is -0.265. The third kappa shape index (κ3) is 4.18. The summed E-state index contributed by atoms with van der Waals surface area (Å²) in [5, 5.41) is 17.9. The van der Waals surface area contributed by atoms with E-state index in [1.54, 1.807) is 18.2 Å². The topological polar surface area (TPSA) is 79.5 Å². The van der Waals surface area contributed by atoms with Crippen LogP contribution >= 0.6 is 0 Å². The largest absolute Gasteiger partial charge is 0.490 e. The van der Waals surface area contributed by atoms with Crippen molar-refractivity contribution in [2.75, 3.05) is 6.61 Å². The van der Waals surface area contributed by atoms with Crippen molar-refractivity contribution in [1.29, 1.82) is 5.26 Å². The maximum Gasteiger partial charge on any atom is 0.344 e. The maximum absolute atomic E-state index is 11.1. The molecule has 0 saturated carbocycles. The van der Waals surface area contributed by atoms with E-state index in [0.29, 0.717) is 36.5 Å². The van der Waals surface area contributed by atoms with E-state index in [1.807, 2.05) is 19.9 Å². The van der Waals surface area contributed by atoms with Gasteiger partial charge in [0.15, 0.2) is 17.6 Å². The molecule has 102 valence electrons.